The molecule has 0 N–H and O–H groups in total. The number of rotatable bonds is 2. The molecule has 3 heterocycles. The van der Waals surface area contributed by atoms with Crippen molar-refractivity contribution in [1.29, 1.82) is 0 Å². The van der Waals surface area contributed by atoms with Crippen LogP contribution in [0.5, 0.6) is 0 Å². The van der Waals surface area contributed by atoms with E-state index in [0.717, 1.165) is 17.5 Å². The molecule has 2 aromatic heterocycles. The summed E-state index contributed by atoms with van der Waals surface area (Å²) in [6.45, 7) is 1.28. The number of carbonyl (C=O) groups excluding carboxylic acids is 1. The number of imidazole rings is 1. The Labute approximate surface area is 138 Å². The van der Waals surface area contributed by atoms with Gasteiger partial charge in [0, 0.05) is 26.2 Å². The highest BCUT2D eigenvalue weighted by atomic mass is 16.2. The van der Waals surface area contributed by atoms with Crippen LogP contribution >= 0.6 is 0 Å². The highest BCUT2D eigenvalue weighted by molar-refractivity contribution is 5.92. The molecule has 3 aromatic rings. The SMILES string of the molecule is Cn1nc(C(=O)N2CC[C@H](n3cnc4ccccc43)C2)ccc1=O. The van der Waals surface area contributed by atoms with Crippen LogP contribution in [0.1, 0.15) is 23.0 Å². The Morgan fingerprint density at radius 3 is 2.88 bits per heavy atom. The van der Waals surface area contributed by atoms with Crippen molar-refractivity contribution in [3.05, 3.63) is 58.8 Å². The Hall–Kier alpha value is -2.96. The largest absolute Gasteiger partial charge is 0.335 e. The Morgan fingerprint density at radius 1 is 1.21 bits per heavy atom. The molecule has 24 heavy (non-hydrogen) atoms. The van der Waals surface area contributed by atoms with E-state index in [4.69, 9.17) is 0 Å². The molecule has 0 bridgehead atoms. The number of hydrogen-bond acceptors (Lipinski definition) is 4. The summed E-state index contributed by atoms with van der Waals surface area (Å²) < 4.78 is 3.32. The van der Waals surface area contributed by atoms with E-state index in [1.807, 2.05) is 30.6 Å². The Kier molecular flexibility index (Phi) is 3.41. The zero-order valence-corrected chi connectivity index (χ0v) is 13.3. The summed E-state index contributed by atoms with van der Waals surface area (Å²) in [5.41, 5.74) is 2.11. The molecule has 0 saturated carbocycles. The van der Waals surface area contributed by atoms with Gasteiger partial charge in [-0.15, -0.1) is 0 Å². The number of carbonyl (C=O) groups is 1. The lowest BCUT2D eigenvalue weighted by molar-refractivity contribution is 0.0779. The van der Waals surface area contributed by atoms with Crippen molar-refractivity contribution < 1.29 is 4.79 Å². The quantitative estimate of drug-likeness (QED) is 0.711. The van der Waals surface area contributed by atoms with Crippen LogP contribution in [0.25, 0.3) is 11.0 Å². The number of aromatic nitrogens is 4. The molecule has 1 aliphatic heterocycles. The van der Waals surface area contributed by atoms with Gasteiger partial charge in [0.15, 0.2) is 0 Å². The van der Waals surface area contributed by atoms with Crippen LogP contribution in [0.4, 0.5) is 0 Å². The fraction of sp³-hybridized carbons (Fsp3) is 0.294. The summed E-state index contributed by atoms with van der Waals surface area (Å²) in [6, 6.07) is 11.1. The standard InChI is InChI=1S/C17H17N5O2/c1-20-16(23)7-6-14(19-20)17(24)21-9-8-12(10-21)22-11-18-13-4-2-3-5-15(13)22/h2-7,11-12H,8-10H2,1H3/t12-/m0/s1. The highest BCUT2D eigenvalue weighted by Crippen LogP contribution is 2.26. The number of fused-ring (bicyclic) bond motifs is 1. The second kappa shape index (κ2) is 5.59. The van der Waals surface area contributed by atoms with E-state index in [1.54, 1.807) is 11.9 Å². The van der Waals surface area contributed by atoms with Gasteiger partial charge in [-0.2, -0.15) is 5.10 Å². The number of benzene rings is 1. The Bertz CT molecular complexity index is 974. The van der Waals surface area contributed by atoms with Crippen LogP contribution in [0.15, 0.2) is 47.5 Å². The average Bonchev–Trinajstić information content (AvgIpc) is 3.23. The molecule has 0 spiro atoms. The van der Waals surface area contributed by atoms with Crippen molar-refractivity contribution in [2.24, 2.45) is 7.05 Å². The summed E-state index contributed by atoms with van der Waals surface area (Å²) in [4.78, 5) is 30.2. The van der Waals surface area contributed by atoms with Gasteiger partial charge in [0.2, 0.25) is 0 Å². The van der Waals surface area contributed by atoms with E-state index >= 15 is 0 Å². The third kappa shape index (κ3) is 2.38. The molecule has 1 aromatic carbocycles. The van der Waals surface area contributed by atoms with E-state index in [1.165, 1.54) is 16.8 Å². The number of likely N-dealkylation sites (tertiary alicyclic amines) is 1. The minimum absolute atomic E-state index is 0.141. The monoisotopic (exact) mass is 323 g/mol. The smallest absolute Gasteiger partial charge is 0.274 e. The first-order valence-corrected chi connectivity index (χ1v) is 7.89. The molecule has 0 radical (unpaired) electrons. The van der Waals surface area contributed by atoms with Gasteiger partial charge in [-0.25, -0.2) is 9.67 Å². The zero-order chi connectivity index (χ0) is 16.7. The molecule has 7 heteroatoms. The maximum absolute atomic E-state index is 12.6. The van der Waals surface area contributed by atoms with Crippen molar-refractivity contribution in [1.82, 2.24) is 24.2 Å². The summed E-state index contributed by atoms with van der Waals surface area (Å²) >= 11 is 0. The topological polar surface area (TPSA) is 73.0 Å². The molecule has 7 nitrogen and oxygen atoms in total. The fourth-order valence-electron chi connectivity index (χ4n) is 3.20. The molecule has 1 aliphatic rings. The zero-order valence-electron chi connectivity index (χ0n) is 13.3. The predicted molar refractivity (Wildman–Crippen MR) is 88.8 cm³/mol. The van der Waals surface area contributed by atoms with Crippen LogP contribution in [-0.2, 0) is 7.05 Å². The molecule has 1 atom stereocenters. The molecule has 1 fully saturated rings. The van der Waals surface area contributed by atoms with Gasteiger partial charge in [0.1, 0.15) is 5.69 Å². The Balaban J connectivity index is 1.57. The number of para-hydroxylation sites is 2. The molecule has 0 aliphatic carbocycles. The van der Waals surface area contributed by atoms with Gasteiger partial charge < -0.3 is 9.47 Å². The maximum atomic E-state index is 12.6. The lowest BCUT2D eigenvalue weighted by Gasteiger charge is -2.17. The van der Waals surface area contributed by atoms with Gasteiger partial charge in [0.05, 0.1) is 23.4 Å². The number of nitrogens with zero attached hydrogens (tertiary/aromatic N) is 5. The number of aryl methyl sites for hydroxylation is 1. The van der Waals surface area contributed by atoms with Gasteiger partial charge >= 0.3 is 0 Å². The van der Waals surface area contributed by atoms with Crippen molar-refractivity contribution in [2.45, 2.75) is 12.5 Å². The first kappa shape index (κ1) is 14.6. The molecule has 122 valence electrons. The molecule has 0 unspecified atom stereocenters. The second-order valence-corrected chi connectivity index (χ2v) is 6.01. The molecule has 1 amide bonds. The van der Waals surface area contributed by atoms with E-state index in [0.29, 0.717) is 18.8 Å². The summed E-state index contributed by atoms with van der Waals surface area (Å²) in [6.07, 6.45) is 2.71. The lowest BCUT2D eigenvalue weighted by Crippen LogP contribution is -2.32. The van der Waals surface area contributed by atoms with Crippen molar-refractivity contribution in [2.75, 3.05) is 13.1 Å². The van der Waals surface area contributed by atoms with E-state index in [2.05, 4.69) is 14.6 Å². The lowest BCUT2D eigenvalue weighted by atomic mass is 10.2. The van der Waals surface area contributed by atoms with Gasteiger partial charge in [-0.1, -0.05) is 12.1 Å². The summed E-state index contributed by atoms with van der Waals surface area (Å²) in [5, 5.41) is 4.05. The van der Waals surface area contributed by atoms with Crippen molar-refractivity contribution in [3.8, 4) is 0 Å². The molecular weight excluding hydrogens is 306 g/mol. The van der Waals surface area contributed by atoms with Crippen LogP contribution in [-0.4, -0.2) is 43.2 Å². The fourth-order valence-corrected chi connectivity index (χ4v) is 3.20. The Morgan fingerprint density at radius 2 is 2.04 bits per heavy atom. The van der Waals surface area contributed by atoms with Gasteiger partial charge in [0.25, 0.3) is 11.5 Å². The van der Waals surface area contributed by atoms with Crippen LogP contribution in [0.3, 0.4) is 0 Å². The third-order valence-corrected chi connectivity index (χ3v) is 4.50. The van der Waals surface area contributed by atoms with E-state index in [-0.39, 0.29) is 17.5 Å². The van der Waals surface area contributed by atoms with Gasteiger partial charge in [-0.3, -0.25) is 9.59 Å². The van der Waals surface area contributed by atoms with E-state index in [9.17, 15) is 9.59 Å². The molecule has 4 rings (SSSR count). The average molecular weight is 323 g/mol. The van der Waals surface area contributed by atoms with Crippen LogP contribution < -0.4 is 5.56 Å². The van der Waals surface area contributed by atoms with Crippen LogP contribution in [0.2, 0.25) is 0 Å². The minimum atomic E-state index is -0.226. The second-order valence-electron chi connectivity index (χ2n) is 6.01. The number of hydrogen-bond donors (Lipinski definition) is 0. The minimum Gasteiger partial charge on any atom is -0.335 e. The maximum Gasteiger partial charge on any atom is 0.274 e. The van der Waals surface area contributed by atoms with Crippen LogP contribution in [0, 0.1) is 0 Å². The third-order valence-electron chi connectivity index (χ3n) is 4.50. The molecular formula is C17H17N5O2. The summed E-state index contributed by atoms with van der Waals surface area (Å²) in [7, 11) is 1.55. The summed E-state index contributed by atoms with van der Waals surface area (Å²) in [5.74, 6) is -0.141. The van der Waals surface area contributed by atoms with Crippen molar-refractivity contribution in [3.63, 3.8) is 0 Å². The predicted octanol–water partition coefficient (Wildman–Crippen LogP) is 1.22. The van der Waals surface area contributed by atoms with Crippen molar-refractivity contribution >= 4 is 16.9 Å². The normalized spacial score (nSPS) is 17.5. The van der Waals surface area contributed by atoms with E-state index < -0.39 is 0 Å². The number of amides is 1. The highest BCUT2D eigenvalue weighted by Gasteiger charge is 2.29. The molecule has 1 saturated heterocycles. The first-order valence-electron chi connectivity index (χ1n) is 7.89. The van der Waals surface area contributed by atoms with Gasteiger partial charge in [-0.05, 0) is 24.6 Å². The first-order chi connectivity index (χ1) is 11.6.